The molecule has 1 aromatic heterocycles. The highest BCUT2D eigenvalue weighted by Crippen LogP contribution is 2.23. The Hall–Kier alpha value is -4.39. The van der Waals surface area contributed by atoms with Crippen LogP contribution in [0.25, 0.3) is 11.5 Å². The van der Waals surface area contributed by atoms with Crippen molar-refractivity contribution in [1.82, 2.24) is 4.98 Å². The Kier molecular flexibility index (Phi) is 9.07. The van der Waals surface area contributed by atoms with Gasteiger partial charge in [0.05, 0.1) is 0 Å². The molecule has 0 aliphatic heterocycles. The number of carboxylic acid groups (broad SMARTS) is 1. The number of ether oxygens (including phenoxy) is 1. The van der Waals surface area contributed by atoms with Crippen molar-refractivity contribution in [2.75, 3.05) is 0 Å². The van der Waals surface area contributed by atoms with Crippen molar-refractivity contribution in [2.45, 2.75) is 45.8 Å². The van der Waals surface area contributed by atoms with E-state index in [0.29, 0.717) is 23.8 Å². The normalized spacial score (nSPS) is 11.3. The van der Waals surface area contributed by atoms with E-state index in [-0.39, 0.29) is 18.9 Å². The molecule has 0 fully saturated rings. The van der Waals surface area contributed by atoms with E-state index >= 15 is 0 Å². The van der Waals surface area contributed by atoms with Crippen molar-refractivity contribution in [3.05, 3.63) is 108 Å². The van der Waals surface area contributed by atoms with Crippen LogP contribution >= 0.6 is 0 Å². The summed E-state index contributed by atoms with van der Waals surface area (Å²) in [6, 6.07) is 27.3. The first-order valence-corrected chi connectivity index (χ1v) is 12.3. The summed E-state index contributed by atoms with van der Waals surface area (Å²) in [6.45, 7) is 2.26. The molecule has 0 unspecified atom stereocenters. The summed E-state index contributed by atoms with van der Waals surface area (Å²) in [5, 5.41) is 13.3. The molecule has 4 rings (SSSR count). The highest BCUT2D eigenvalue weighted by Gasteiger charge is 2.13. The molecule has 0 aliphatic carbocycles. The fourth-order valence-electron chi connectivity index (χ4n) is 3.79. The minimum Gasteiger partial charge on any atom is -0.487 e. The summed E-state index contributed by atoms with van der Waals surface area (Å²) in [5.41, 5.74) is 3.72. The molecule has 0 spiro atoms. The molecule has 190 valence electrons. The van der Waals surface area contributed by atoms with Crippen LogP contribution in [-0.2, 0) is 29.3 Å². The first-order chi connectivity index (χ1) is 18.1. The number of oxazole rings is 1. The van der Waals surface area contributed by atoms with Crippen molar-refractivity contribution in [3.63, 3.8) is 0 Å². The average molecular weight is 499 g/mol. The van der Waals surface area contributed by atoms with Gasteiger partial charge in [-0.2, -0.15) is 0 Å². The summed E-state index contributed by atoms with van der Waals surface area (Å²) in [6.07, 6.45) is 2.86. The van der Waals surface area contributed by atoms with Gasteiger partial charge in [-0.3, -0.25) is 0 Å². The van der Waals surface area contributed by atoms with Gasteiger partial charge in [0.1, 0.15) is 30.4 Å². The van der Waals surface area contributed by atoms with Gasteiger partial charge in [0.2, 0.25) is 5.89 Å². The van der Waals surface area contributed by atoms with E-state index in [4.69, 9.17) is 14.0 Å². The molecule has 0 bridgehead atoms. The third kappa shape index (κ3) is 7.80. The molecule has 3 aromatic carbocycles. The lowest BCUT2D eigenvalue weighted by atomic mass is 10.1. The number of rotatable bonds is 13. The predicted octanol–water partition coefficient (Wildman–Crippen LogP) is 6.60. The number of hydrogen-bond donors (Lipinski definition) is 1. The van der Waals surface area contributed by atoms with Crippen LogP contribution < -0.4 is 4.74 Å². The Balaban J connectivity index is 1.26. The lowest BCUT2D eigenvalue weighted by Crippen LogP contribution is -2.13. The van der Waals surface area contributed by atoms with Gasteiger partial charge < -0.3 is 19.1 Å². The minimum absolute atomic E-state index is 0.0243. The van der Waals surface area contributed by atoms with Gasteiger partial charge in [0.25, 0.3) is 0 Å². The number of carbonyl (C=O) groups is 1. The zero-order chi connectivity index (χ0) is 25.9. The predicted molar refractivity (Wildman–Crippen MR) is 141 cm³/mol. The second-order valence-corrected chi connectivity index (χ2v) is 8.63. The Morgan fingerprint density at radius 1 is 0.919 bits per heavy atom. The van der Waals surface area contributed by atoms with Crippen molar-refractivity contribution >= 4 is 11.7 Å². The average Bonchev–Trinajstić information content (AvgIpc) is 3.30. The number of aryl methyl sites for hydroxylation is 2. The standard InChI is InChI=1S/C30H30N2O5/c1-22-28(31-29(37-22)25-15-6-3-7-16-25)21-35-26-17-10-14-24(19-26)20-36-32-27(30(33)34)18-9-8-13-23-11-4-2-5-12-23/h2-7,10-12,14-17,19H,8-9,13,18,20-21H2,1H3,(H,33,34). The smallest absolute Gasteiger partial charge is 0.353 e. The Bertz CT molecular complexity index is 1320. The van der Waals surface area contributed by atoms with Gasteiger partial charge in [-0.15, -0.1) is 0 Å². The summed E-state index contributed by atoms with van der Waals surface area (Å²) >= 11 is 0. The molecule has 0 aliphatic rings. The number of hydrogen-bond acceptors (Lipinski definition) is 6. The van der Waals surface area contributed by atoms with Gasteiger partial charge in [0, 0.05) is 12.0 Å². The molecule has 0 saturated heterocycles. The maximum absolute atomic E-state index is 11.6. The molecule has 0 amide bonds. The molecule has 37 heavy (non-hydrogen) atoms. The number of benzene rings is 3. The third-order valence-corrected chi connectivity index (χ3v) is 5.81. The van der Waals surface area contributed by atoms with E-state index in [9.17, 15) is 9.90 Å². The second kappa shape index (κ2) is 13.1. The van der Waals surface area contributed by atoms with Crippen LogP contribution in [-0.4, -0.2) is 21.8 Å². The van der Waals surface area contributed by atoms with E-state index in [1.807, 2.05) is 79.7 Å². The zero-order valence-corrected chi connectivity index (χ0v) is 20.8. The van der Waals surface area contributed by atoms with Crippen molar-refractivity contribution in [1.29, 1.82) is 0 Å². The Labute approximate surface area is 216 Å². The molecule has 7 heteroatoms. The van der Waals surface area contributed by atoms with Crippen LogP contribution in [0.5, 0.6) is 5.75 Å². The summed E-state index contributed by atoms with van der Waals surface area (Å²) in [7, 11) is 0. The molecule has 1 heterocycles. The largest absolute Gasteiger partial charge is 0.487 e. The maximum Gasteiger partial charge on any atom is 0.353 e. The zero-order valence-electron chi connectivity index (χ0n) is 20.8. The molecule has 7 nitrogen and oxygen atoms in total. The Morgan fingerprint density at radius 2 is 1.65 bits per heavy atom. The SMILES string of the molecule is Cc1oc(-c2ccccc2)nc1COc1cccc(CON=C(CCCCc2ccccc2)C(=O)O)c1. The summed E-state index contributed by atoms with van der Waals surface area (Å²) in [4.78, 5) is 21.5. The first-order valence-electron chi connectivity index (χ1n) is 12.3. The van der Waals surface area contributed by atoms with Crippen molar-refractivity contribution in [3.8, 4) is 17.2 Å². The number of carboxylic acids is 1. The lowest BCUT2D eigenvalue weighted by molar-refractivity contribution is -0.129. The molecule has 4 aromatic rings. The first kappa shape index (κ1) is 25.7. The summed E-state index contributed by atoms with van der Waals surface area (Å²) in [5.74, 6) is 0.853. The third-order valence-electron chi connectivity index (χ3n) is 5.81. The topological polar surface area (TPSA) is 94.2 Å². The number of nitrogens with zero attached hydrogens (tertiary/aromatic N) is 2. The fourth-order valence-corrected chi connectivity index (χ4v) is 3.79. The quantitative estimate of drug-likeness (QED) is 0.127. The van der Waals surface area contributed by atoms with Crippen LogP contribution in [0.4, 0.5) is 0 Å². The minimum atomic E-state index is -1.06. The van der Waals surface area contributed by atoms with E-state index in [1.54, 1.807) is 0 Å². The number of aromatic nitrogens is 1. The number of oxime groups is 1. The van der Waals surface area contributed by atoms with E-state index < -0.39 is 5.97 Å². The summed E-state index contributed by atoms with van der Waals surface area (Å²) < 4.78 is 11.7. The molecule has 0 atom stereocenters. The van der Waals surface area contributed by atoms with Crippen LogP contribution in [0.3, 0.4) is 0 Å². The van der Waals surface area contributed by atoms with Crippen LogP contribution in [0.1, 0.15) is 41.8 Å². The van der Waals surface area contributed by atoms with Crippen molar-refractivity contribution < 1.29 is 23.9 Å². The molecular formula is C30H30N2O5. The van der Waals surface area contributed by atoms with Crippen LogP contribution in [0, 0.1) is 6.92 Å². The number of aliphatic carboxylic acids is 1. The molecule has 0 saturated carbocycles. The molecule has 0 radical (unpaired) electrons. The number of unbranched alkanes of at least 4 members (excludes halogenated alkanes) is 1. The van der Waals surface area contributed by atoms with E-state index in [0.717, 1.165) is 36.1 Å². The van der Waals surface area contributed by atoms with Gasteiger partial charge in [0.15, 0.2) is 5.71 Å². The van der Waals surface area contributed by atoms with Gasteiger partial charge >= 0.3 is 5.97 Å². The van der Waals surface area contributed by atoms with Crippen LogP contribution in [0.15, 0.2) is 94.5 Å². The molecular weight excluding hydrogens is 468 g/mol. The van der Waals surface area contributed by atoms with Crippen molar-refractivity contribution in [2.24, 2.45) is 5.16 Å². The monoisotopic (exact) mass is 498 g/mol. The van der Waals surface area contributed by atoms with Gasteiger partial charge in [-0.05, 0) is 61.6 Å². The second-order valence-electron chi connectivity index (χ2n) is 8.63. The van der Waals surface area contributed by atoms with Gasteiger partial charge in [-0.25, -0.2) is 9.78 Å². The Morgan fingerprint density at radius 3 is 2.41 bits per heavy atom. The highest BCUT2D eigenvalue weighted by atomic mass is 16.6. The molecule has 1 N–H and O–H groups in total. The van der Waals surface area contributed by atoms with E-state index in [2.05, 4.69) is 22.3 Å². The van der Waals surface area contributed by atoms with Crippen LogP contribution in [0.2, 0.25) is 0 Å². The van der Waals surface area contributed by atoms with Gasteiger partial charge in [-0.1, -0.05) is 65.8 Å². The van der Waals surface area contributed by atoms with E-state index in [1.165, 1.54) is 5.56 Å². The fraction of sp³-hybridized carbons (Fsp3) is 0.233. The highest BCUT2D eigenvalue weighted by molar-refractivity contribution is 6.35. The lowest BCUT2D eigenvalue weighted by Gasteiger charge is -2.07. The maximum atomic E-state index is 11.6.